The number of amides is 1. The number of carbonyl (C=O) groups is 1. The quantitative estimate of drug-likeness (QED) is 0.879. The van der Waals surface area contributed by atoms with Gasteiger partial charge >= 0.3 is 0 Å². The van der Waals surface area contributed by atoms with Crippen molar-refractivity contribution in [1.29, 1.82) is 5.26 Å². The minimum absolute atomic E-state index is 0.0655. The number of aliphatic hydroxyl groups excluding tert-OH is 1. The van der Waals surface area contributed by atoms with E-state index in [0.717, 1.165) is 31.2 Å². The molecule has 0 aromatic heterocycles. The fourth-order valence-electron chi connectivity index (χ4n) is 2.52. The predicted molar refractivity (Wildman–Crippen MR) is 75.9 cm³/mol. The summed E-state index contributed by atoms with van der Waals surface area (Å²) in [4.78, 5) is 11.9. The van der Waals surface area contributed by atoms with Crippen LogP contribution < -0.4 is 5.32 Å². The third-order valence-corrected chi connectivity index (χ3v) is 3.79. The Morgan fingerprint density at radius 3 is 2.50 bits per heavy atom. The van der Waals surface area contributed by atoms with Crippen molar-refractivity contribution in [3.05, 3.63) is 35.4 Å². The van der Waals surface area contributed by atoms with Crippen molar-refractivity contribution >= 4 is 5.91 Å². The molecule has 2 N–H and O–H groups in total. The van der Waals surface area contributed by atoms with Crippen LogP contribution in [0.1, 0.15) is 43.2 Å². The first-order chi connectivity index (χ1) is 9.67. The van der Waals surface area contributed by atoms with Crippen molar-refractivity contribution in [3.63, 3.8) is 0 Å². The third-order valence-electron chi connectivity index (χ3n) is 3.79. The molecule has 4 nitrogen and oxygen atoms in total. The van der Waals surface area contributed by atoms with Gasteiger partial charge in [-0.1, -0.05) is 12.1 Å². The lowest BCUT2D eigenvalue weighted by molar-refractivity contribution is -0.122. The van der Waals surface area contributed by atoms with Gasteiger partial charge in [0.25, 0.3) is 0 Å². The summed E-state index contributed by atoms with van der Waals surface area (Å²) in [5.41, 5.74) is 1.71. The molecule has 4 heteroatoms. The lowest BCUT2D eigenvalue weighted by Gasteiger charge is -2.26. The molecule has 1 aliphatic carbocycles. The Morgan fingerprint density at radius 2 is 1.90 bits per heavy atom. The Hall–Kier alpha value is -1.86. The largest absolute Gasteiger partial charge is 0.393 e. The zero-order valence-electron chi connectivity index (χ0n) is 11.5. The highest BCUT2D eigenvalue weighted by atomic mass is 16.3. The van der Waals surface area contributed by atoms with Crippen LogP contribution in [0.3, 0.4) is 0 Å². The number of rotatable bonds is 4. The minimum atomic E-state index is -0.193. The molecule has 1 aromatic rings. The Kier molecular flexibility index (Phi) is 5.14. The second-order valence-corrected chi connectivity index (χ2v) is 5.38. The molecule has 1 amide bonds. The first-order valence-electron chi connectivity index (χ1n) is 7.14. The molecule has 0 aliphatic heterocycles. The van der Waals surface area contributed by atoms with Crippen molar-refractivity contribution in [1.82, 2.24) is 5.32 Å². The molecule has 0 heterocycles. The van der Waals surface area contributed by atoms with E-state index in [4.69, 9.17) is 5.26 Å². The summed E-state index contributed by atoms with van der Waals surface area (Å²) in [6.07, 6.45) is 4.24. The number of nitrogens with zero attached hydrogens (tertiary/aromatic N) is 1. The molecule has 106 valence electrons. The van der Waals surface area contributed by atoms with Gasteiger partial charge in [0, 0.05) is 12.5 Å². The van der Waals surface area contributed by atoms with E-state index in [1.54, 1.807) is 12.1 Å². The maximum atomic E-state index is 11.9. The van der Waals surface area contributed by atoms with Crippen molar-refractivity contribution in [3.8, 4) is 6.07 Å². The normalized spacial score (nSPS) is 22.0. The van der Waals surface area contributed by atoms with Gasteiger partial charge in [0.1, 0.15) is 0 Å². The van der Waals surface area contributed by atoms with E-state index in [0.29, 0.717) is 18.4 Å². The number of hydrogen-bond acceptors (Lipinski definition) is 3. The van der Waals surface area contributed by atoms with Gasteiger partial charge in [-0.05, 0) is 49.8 Å². The summed E-state index contributed by atoms with van der Waals surface area (Å²) < 4.78 is 0. The second kappa shape index (κ2) is 7.06. The molecular formula is C16H20N2O2. The smallest absolute Gasteiger partial charge is 0.220 e. The van der Waals surface area contributed by atoms with Crippen LogP contribution in [0.5, 0.6) is 0 Å². The molecule has 0 bridgehead atoms. The molecule has 0 atom stereocenters. The molecule has 0 unspecified atom stereocenters. The van der Waals surface area contributed by atoms with Crippen LogP contribution in [0.15, 0.2) is 24.3 Å². The lowest BCUT2D eigenvalue weighted by Crippen LogP contribution is -2.38. The Morgan fingerprint density at radius 1 is 1.25 bits per heavy atom. The summed E-state index contributed by atoms with van der Waals surface area (Å²) in [5, 5.41) is 21.2. The van der Waals surface area contributed by atoms with E-state index in [1.807, 2.05) is 12.1 Å². The van der Waals surface area contributed by atoms with Gasteiger partial charge in [-0.25, -0.2) is 0 Å². The highest BCUT2D eigenvalue weighted by Crippen LogP contribution is 2.18. The monoisotopic (exact) mass is 272 g/mol. The topological polar surface area (TPSA) is 73.1 Å². The molecule has 0 spiro atoms. The molecule has 0 saturated heterocycles. The maximum Gasteiger partial charge on any atom is 0.220 e. The van der Waals surface area contributed by atoms with Gasteiger partial charge < -0.3 is 10.4 Å². The molecule has 1 aromatic carbocycles. The van der Waals surface area contributed by atoms with Crippen LogP contribution in [0.2, 0.25) is 0 Å². The summed E-state index contributed by atoms with van der Waals surface area (Å²) in [6, 6.07) is 9.62. The van der Waals surface area contributed by atoms with Gasteiger partial charge in [0.05, 0.1) is 17.7 Å². The van der Waals surface area contributed by atoms with E-state index < -0.39 is 0 Å². The highest BCUT2D eigenvalue weighted by molar-refractivity contribution is 5.76. The van der Waals surface area contributed by atoms with Crippen molar-refractivity contribution in [2.75, 3.05) is 0 Å². The molecular weight excluding hydrogens is 252 g/mol. The summed E-state index contributed by atoms with van der Waals surface area (Å²) in [5.74, 6) is 0.0655. The van der Waals surface area contributed by atoms with E-state index in [9.17, 15) is 9.90 Å². The standard InChI is InChI=1S/C16H20N2O2/c17-11-13-3-1-12(2-4-13)5-10-16(20)18-14-6-8-15(19)9-7-14/h1-4,14-15,19H,5-10H2,(H,18,20). The number of nitriles is 1. The lowest BCUT2D eigenvalue weighted by atomic mass is 9.93. The number of nitrogens with one attached hydrogen (secondary N) is 1. The Bertz CT molecular complexity index is 482. The number of hydrogen-bond donors (Lipinski definition) is 2. The van der Waals surface area contributed by atoms with Crippen molar-refractivity contribution in [2.24, 2.45) is 0 Å². The summed E-state index contributed by atoms with van der Waals surface area (Å²) >= 11 is 0. The number of benzene rings is 1. The van der Waals surface area contributed by atoms with Crippen LogP contribution in [-0.4, -0.2) is 23.2 Å². The van der Waals surface area contributed by atoms with E-state index >= 15 is 0 Å². The number of carbonyl (C=O) groups excluding carboxylic acids is 1. The van der Waals surface area contributed by atoms with Gasteiger partial charge in [-0.2, -0.15) is 5.26 Å². The van der Waals surface area contributed by atoms with Crippen LogP contribution in [0.4, 0.5) is 0 Å². The Balaban J connectivity index is 1.73. The fraction of sp³-hybridized carbons (Fsp3) is 0.500. The first-order valence-corrected chi connectivity index (χ1v) is 7.14. The van der Waals surface area contributed by atoms with E-state index in [1.165, 1.54) is 0 Å². The zero-order valence-corrected chi connectivity index (χ0v) is 11.5. The van der Waals surface area contributed by atoms with Crippen molar-refractivity contribution < 1.29 is 9.90 Å². The van der Waals surface area contributed by atoms with Crippen LogP contribution in [0, 0.1) is 11.3 Å². The van der Waals surface area contributed by atoms with E-state index in [2.05, 4.69) is 11.4 Å². The van der Waals surface area contributed by atoms with Crippen LogP contribution in [-0.2, 0) is 11.2 Å². The predicted octanol–water partition coefficient (Wildman–Crippen LogP) is 1.91. The molecule has 1 fully saturated rings. The van der Waals surface area contributed by atoms with Crippen LogP contribution >= 0.6 is 0 Å². The van der Waals surface area contributed by atoms with Gasteiger partial charge in [-0.3, -0.25) is 4.79 Å². The van der Waals surface area contributed by atoms with Gasteiger partial charge in [0.2, 0.25) is 5.91 Å². The van der Waals surface area contributed by atoms with E-state index in [-0.39, 0.29) is 18.1 Å². The Labute approximate surface area is 119 Å². The number of aliphatic hydroxyl groups is 1. The minimum Gasteiger partial charge on any atom is -0.393 e. The van der Waals surface area contributed by atoms with Crippen molar-refractivity contribution in [2.45, 2.75) is 50.7 Å². The van der Waals surface area contributed by atoms with Gasteiger partial charge in [0.15, 0.2) is 0 Å². The summed E-state index contributed by atoms with van der Waals surface area (Å²) in [7, 11) is 0. The second-order valence-electron chi connectivity index (χ2n) is 5.38. The van der Waals surface area contributed by atoms with Gasteiger partial charge in [-0.15, -0.1) is 0 Å². The first kappa shape index (κ1) is 14.5. The highest BCUT2D eigenvalue weighted by Gasteiger charge is 2.20. The SMILES string of the molecule is N#Cc1ccc(CCC(=O)NC2CCC(O)CC2)cc1. The average Bonchev–Trinajstić information content (AvgIpc) is 2.48. The molecule has 2 rings (SSSR count). The summed E-state index contributed by atoms with van der Waals surface area (Å²) in [6.45, 7) is 0. The van der Waals surface area contributed by atoms with Crippen LogP contribution in [0.25, 0.3) is 0 Å². The zero-order chi connectivity index (χ0) is 14.4. The third kappa shape index (κ3) is 4.36. The molecule has 1 aliphatic rings. The molecule has 20 heavy (non-hydrogen) atoms. The molecule has 1 saturated carbocycles. The fourth-order valence-corrected chi connectivity index (χ4v) is 2.52. The maximum absolute atomic E-state index is 11.9. The average molecular weight is 272 g/mol. The molecule has 0 radical (unpaired) electrons. The number of aryl methyl sites for hydroxylation is 1.